The van der Waals surface area contributed by atoms with Crippen LogP contribution in [0.3, 0.4) is 0 Å². The summed E-state index contributed by atoms with van der Waals surface area (Å²) in [6.45, 7) is 15.0. The SMILES string of the molecule is CC.CCC(C)=O.CCC1CCC(=O)NC1=O.Cc1ccc(C2CCNCC2F)cc1C. The molecule has 32 heavy (non-hydrogen) atoms. The lowest BCUT2D eigenvalue weighted by atomic mass is 9.87. The smallest absolute Gasteiger partial charge is 0.229 e. The molecule has 1 aromatic rings. The van der Waals surface area contributed by atoms with Gasteiger partial charge in [0, 0.05) is 31.2 Å². The van der Waals surface area contributed by atoms with Crippen LogP contribution in [0.2, 0.25) is 0 Å². The first kappa shape index (κ1) is 29.9. The van der Waals surface area contributed by atoms with E-state index in [1.54, 1.807) is 6.92 Å². The van der Waals surface area contributed by atoms with Crippen LogP contribution in [0, 0.1) is 19.8 Å². The van der Waals surface area contributed by atoms with Crippen molar-refractivity contribution in [3.05, 3.63) is 34.9 Å². The summed E-state index contributed by atoms with van der Waals surface area (Å²) in [5.41, 5.74) is 3.70. The van der Waals surface area contributed by atoms with E-state index in [0.717, 1.165) is 31.4 Å². The number of hydrogen-bond acceptors (Lipinski definition) is 4. The molecule has 3 unspecified atom stereocenters. The number of carbonyl (C=O) groups excluding carboxylic acids is 3. The summed E-state index contributed by atoms with van der Waals surface area (Å²) in [5, 5.41) is 5.39. The largest absolute Gasteiger partial charge is 0.314 e. The Balaban J connectivity index is 0.000000489. The normalized spacial score (nSPS) is 22.1. The summed E-state index contributed by atoms with van der Waals surface area (Å²) in [7, 11) is 0. The van der Waals surface area contributed by atoms with Gasteiger partial charge >= 0.3 is 0 Å². The van der Waals surface area contributed by atoms with E-state index in [0.29, 0.717) is 19.4 Å². The van der Waals surface area contributed by atoms with Crippen molar-refractivity contribution in [2.75, 3.05) is 13.1 Å². The Morgan fingerprint density at radius 3 is 2.19 bits per heavy atom. The molecule has 0 saturated carbocycles. The lowest BCUT2D eigenvalue weighted by molar-refractivity contribution is -0.136. The van der Waals surface area contributed by atoms with E-state index in [4.69, 9.17) is 0 Å². The fraction of sp³-hybridized carbons (Fsp3) is 0.654. The minimum absolute atomic E-state index is 0.0673. The second-order valence-electron chi connectivity index (χ2n) is 8.07. The summed E-state index contributed by atoms with van der Waals surface area (Å²) < 4.78 is 13.7. The number of halogens is 1. The van der Waals surface area contributed by atoms with Crippen molar-refractivity contribution in [1.29, 1.82) is 0 Å². The molecule has 0 aliphatic carbocycles. The van der Waals surface area contributed by atoms with Gasteiger partial charge in [-0.15, -0.1) is 0 Å². The molecule has 1 aromatic carbocycles. The van der Waals surface area contributed by atoms with Crippen LogP contribution >= 0.6 is 0 Å². The minimum Gasteiger partial charge on any atom is -0.314 e. The Hall–Kier alpha value is -2.08. The van der Waals surface area contributed by atoms with Crippen LogP contribution in [0.25, 0.3) is 0 Å². The molecule has 0 radical (unpaired) electrons. The number of aryl methyl sites for hydroxylation is 2. The number of benzene rings is 1. The van der Waals surface area contributed by atoms with Crippen LogP contribution < -0.4 is 10.6 Å². The zero-order valence-electron chi connectivity index (χ0n) is 21.0. The van der Waals surface area contributed by atoms with E-state index in [2.05, 4.69) is 42.7 Å². The zero-order valence-corrected chi connectivity index (χ0v) is 21.0. The molecule has 182 valence electrons. The van der Waals surface area contributed by atoms with E-state index in [1.165, 1.54) is 11.1 Å². The number of imide groups is 1. The van der Waals surface area contributed by atoms with Gasteiger partial charge in [0.05, 0.1) is 0 Å². The third-order valence-corrected chi connectivity index (χ3v) is 5.71. The highest BCUT2D eigenvalue weighted by Gasteiger charge is 2.26. The summed E-state index contributed by atoms with van der Waals surface area (Å²) in [5.74, 6) is 0.182. The van der Waals surface area contributed by atoms with Crippen LogP contribution in [0.15, 0.2) is 18.2 Å². The molecule has 6 heteroatoms. The topological polar surface area (TPSA) is 75.3 Å². The molecule has 2 fully saturated rings. The number of amides is 2. The van der Waals surface area contributed by atoms with Crippen LogP contribution in [-0.4, -0.2) is 36.9 Å². The standard InChI is InChI=1S/C13H18FN.C7H11NO2.C4H8O.C2H6/c1-9-3-4-11(7-10(9)2)12-5-6-15-8-13(12)14;1-2-5-3-4-6(9)8-7(5)10;1-3-4(2)5;1-2/h3-4,7,12-13,15H,5-6,8H2,1-2H3;5H,2-4H2,1H3,(H,8,9,10);3H2,1-2H3;1-2H3. The van der Waals surface area contributed by atoms with E-state index in [1.807, 2.05) is 27.7 Å². The monoisotopic (exact) mass is 450 g/mol. The maximum Gasteiger partial charge on any atom is 0.229 e. The molecule has 3 rings (SSSR count). The summed E-state index contributed by atoms with van der Waals surface area (Å²) in [6.07, 6.45) is 2.90. The van der Waals surface area contributed by atoms with Crippen molar-refractivity contribution >= 4 is 17.6 Å². The van der Waals surface area contributed by atoms with E-state index < -0.39 is 6.17 Å². The molecule has 2 saturated heterocycles. The van der Waals surface area contributed by atoms with Gasteiger partial charge in [-0.2, -0.15) is 0 Å². The van der Waals surface area contributed by atoms with E-state index in [9.17, 15) is 18.8 Å². The molecular weight excluding hydrogens is 407 g/mol. The predicted molar refractivity (Wildman–Crippen MR) is 130 cm³/mol. The molecule has 2 N–H and O–H groups in total. The first-order valence-corrected chi connectivity index (χ1v) is 11.9. The number of rotatable bonds is 3. The third kappa shape index (κ3) is 11.0. The maximum atomic E-state index is 13.7. The van der Waals surface area contributed by atoms with Gasteiger partial charge in [0.15, 0.2) is 0 Å². The minimum atomic E-state index is -0.735. The molecule has 3 atom stereocenters. The molecule has 0 bridgehead atoms. The second kappa shape index (κ2) is 16.5. The third-order valence-electron chi connectivity index (χ3n) is 5.71. The van der Waals surface area contributed by atoms with Gasteiger partial charge in [0.25, 0.3) is 0 Å². The van der Waals surface area contributed by atoms with Gasteiger partial charge in [0.1, 0.15) is 12.0 Å². The Bertz CT molecular complexity index is 721. The summed E-state index contributed by atoms with van der Waals surface area (Å²) in [6, 6.07) is 6.31. The van der Waals surface area contributed by atoms with Gasteiger partial charge < -0.3 is 10.1 Å². The Kier molecular flexibility index (Phi) is 15.5. The Morgan fingerprint density at radius 1 is 1.09 bits per heavy atom. The molecule has 5 nitrogen and oxygen atoms in total. The van der Waals surface area contributed by atoms with Crippen molar-refractivity contribution in [3.8, 4) is 0 Å². The fourth-order valence-electron chi connectivity index (χ4n) is 3.32. The number of ketones is 1. The molecule has 2 amide bonds. The highest BCUT2D eigenvalue weighted by molar-refractivity contribution is 5.98. The molecule has 2 aliphatic heterocycles. The van der Waals surface area contributed by atoms with Crippen LogP contribution in [0.5, 0.6) is 0 Å². The number of Topliss-reactive ketones (excluding diaryl/α,β-unsaturated/α-hetero) is 1. The molecule has 2 heterocycles. The van der Waals surface area contributed by atoms with Crippen molar-refractivity contribution in [2.24, 2.45) is 5.92 Å². The van der Waals surface area contributed by atoms with Crippen molar-refractivity contribution < 1.29 is 18.8 Å². The maximum absolute atomic E-state index is 13.7. The van der Waals surface area contributed by atoms with Gasteiger partial charge in [-0.25, -0.2) is 4.39 Å². The molecule has 0 spiro atoms. The number of carbonyl (C=O) groups is 3. The fourth-order valence-corrected chi connectivity index (χ4v) is 3.32. The van der Waals surface area contributed by atoms with Gasteiger partial charge in [0.2, 0.25) is 11.8 Å². The van der Waals surface area contributed by atoms with Crippen LogP contribution in [0.4, 0.5) is 4.39 Å². The zero-order chi connectivity index (χ0) is 24.7. The van der Waals surface area contributed by atoms with Crippen molar-refractivity contribution in [1.82, 2.24) is 10.6 Å². The number of piperidine rings is 2. The second-order valence-corrected chi connectivity index (χ2v) is 8.07. The van der Waals surface area contributed by atoms with Crippen molar-refractivity contribution in [3.63, 3.8) is 0 Å². The van der Waals surface area contributed by atoms with Crippen LogP contribution in [0.1, 0.15) is 89.3 Å². The lowest BCUT2D eigenvalue weighted by Gasteiger charge is -2.27. The van der Waals surface area contributed by atoms with E-state index in [-0.39, 0.29) is 29.4 Å². The number of alkyl halides is 1. The highest BCUT2D eigenvalue weighted by atomic mass is 19.1. The van der Waals surface area contributed by atoms with Gasteiger partial charge in [-0.05, 0) is 63.3 Å². The van der Waals surface area contributed by atoms with Gasteiger partial charge in [-0.1, -0.05) is 45.9 Å². The quantitative estimate of drug-likeness (QED) is 0.622. The predicted octanol–water partition coefficient (Wildman–Crippen LogP) is 5.18. The number of hydrogen-bond donors (Lipinski definition) is 2. The first-order chi connectivity index (χ1) is 15.2. The molecule has 0 aromatic heterocycles. The molecular formula is C26H43FN2O3. The van der Waals surface area contributed by atoms with Crippen LogP contribution in [-0.2, 0) is 14.4 Å². The van der Waals surface area contributed by atoms with E-state index >= 15 is 0 Å². The number of nitrogens with one attached hydrogen (secondary N) is 2. The summed E-state index contributed by atoms with van der Waals surface area (Å²) >= 11 is 0. The Morgan fingerprint density at radius 2 is 1.72 bits per heavy atom. The molecule has 2 aliphatic rings. The summed E-state index contributed by atoms with van der Waals surface area (Å²) in [4.78, 5) is 31.3. The Labute approximate surface area is 193 Å². The lowest BCUT2D eigenvalue weighted by Crippen LogP contribution is -2.40. The average Bonchev–Trinajstić information content (AvgIpc) is 2.78. The first-order valence-electron chi connectivity index (χ1n) is 11.9. The van der Waals surface area contributed by atoms with Crippen molar-refractivity contribution in [2.45, 2.75) is 92.7 Å². The highest BCUT2D eigenvalue weighted by Crippen LogP contribution is 2.28. The average molecular weight is 451 g/mol. The van der Waals surface area contributed by atoms with Gasteiger partial charge in [-0.3, -0.25) is 14.9 Å².